The molecule has 5 rings (SSSR count). The van der Waals surface area contributed by atoms with Gasteiger partial charge in [-0.1, -0.05) is 56.2 Å². The molecule has 0 N–H and O–H groups in total. The Kier molecular flexibility index (Phi) is 8.09. The lowest BCUT2D eigenvalue weighted by atomic mass is 10.1. The number of hydrogen-bond acceptors (Lipinski definition) is 4. The number of hydrogen-bond donors (Lipinski definition) is 0. The maximum Gasteiger partial charge on any atom is 0.127 e. The van der Waals surface area contributed by atoms with Gasteiger partial charge in [0.2, 0.25) is 0 Å². The Morgan fingerprint density at radius 2 is 0.700 bits per heavy atom. The van der Waals surface area contributed by atoms with Gasteiger partial charge < -0.3 is 19.1 Å². The molecule has 0 radical (unpaired) electrons. The lowest BCUT2D eigenvalue weighted by Gasteiger charge is -2.26. The average molecular weight is 524 g/mol. The Morgan fingerprint density at radius 3 is 1.00 bits per heavy atom. The SMILES string of the molecule is C=COc1ccc(N(c2ccc(Oc3ccc(C=C)cc3)cc2)c2ccc(Oc3ccc(C=C)cc3)cc2)cc1. The molecule has 196 valence electrons. The van der Waals surface area contributed by atoms with Gasteiger partial charge in [0.15, 0.2) is 0 Å². The number of benzene rings is 5. The van der Waals surface area contributed by atoms with Crippen LogP contribution >= 0.6 is 0 Å². The smallest absolute Gasteiger partial charge is 0.127 e. The average Bonchev–Trinajstić information content (AvgIpc) is 3.01. The fourth-order valence-corrected chi connectivity index (χ4v) is 4.16. The van der Waals surface area contributed by atoms with Gasteiger partial charge in [0, 0.05) is 17.1 Å². The highest BCUT2D eigenvalue weighted by Crippen LogP contribution is 2.37. The van der Waals surface area contributed by atoms with E-state index >= 15 is 0 Å². The van der Waals surface area contributed by atoms with E-state index in [2.05, 4.69) is 24.6 Å². The van der Waals surface area contributed by atoms with Gasteiger partial charge in [-0.3, -0.25) is 0 Å². The van der Waals surface area contributed by atoms with E-state index in [1.165, 1.54) is 6.26 Å². The maximum atomic E-state index is 6.05. The Morgan fingerprint density at radius 1 is 0.400 bits per heavy atom. The van der Waals surface area contributed by atoms with Crippen LogP contribution in [0.5, 0.6) is 28.7 Å². The zero-order chi connectivity index (χ0) is 27.7. The van der Waals surface area contributed by atoms with Crippen molar-refractivity contribution >= 4 is 29.2 Å². The lowest BCUT2D eigenvalue weighted by molar-refractivity contribution is 0.482. The zero-order valence-electron chi connectivity index (χ0n) is 22.1. The number of rotatable bonds is 11. The number of ether oxygens (including phenoxy) is 3. The van der Waals surface area contributed by atoms with Gasteiger partial charge in [0.05, 0.1) is 6.26 Å². The first-order valence-electron chi connectivity index (χ1n) is 12.8. The first-order chi connectivity index (χ1) is 19.6. The third-order valence-electron chi connectivity index (χ3n) is 6.21. The van der Waals surface area contributed by atoms with Crippen molar-refractivity contribution in [3.8, 4) is 28.7 Å². The minimum Gasteiger partial charge on any atom is -0.466 e. The molecule has 40 heavy (non-hydrogen) atoms. The molecule has 0 aliphatic carbocycles. The van der Waals surface area contributed by atoms with Crippen molar-refractivity contribution in [1.29, 1.82) is 0 Å². The first kappa shape index (κ1) is 26.1. The summed E-state index contributed by atoms with van der Waals surface area (Å²) in [5.74, 6) is 3.74. The molecule has 5 aromatic rings. The Hall–Kier alpha value is -5.48. The van der Waals surface area contributed by atoms with Crippen LogP contribution in [0.4, 0.5) is 17.1 Å². The molecule has 0 saturated carbocycles. The third-order valence-corrected chi connectivity index (χ3v) is 6.21. The molecule has 0 saturated heterocycles. The molecule has 4 heteroatoms. The van der Waals surface area contributed by atoms with Gasteiger partial charge in [0.1, 0.15) is 28.7 Å². The number of nitrogens with zero attached hydrogens (tertiary/aromatic N) is 1. The zero-order valence-corrected chi connectivity index (χ0v) is 22.1. The highest BCUT2D eigenvalue weighted by molar-refractivity contribution is 5.77. The van der Waals surface area contributed by atoms with Gasteiger partial charge in [-0.25, -0.2) is 0 Å². The van der Waals surface area contributed by atoms with E-state index in [0.717, 1.165) is 56.9 Å². The second-order valence-electron chi connectivity index (χ2n) is 8.85. The minimum absolute atomic E-state index is 0.719. The van der Waals surface area contributed by atoms with Crippen LogP contribution in [0.25, 0.3) is 12.2 Å². The standard InChI is InChI=1S/C36H29NO3/c1-4-27-7-17-33(18-8-27)39-35-23-13-30(14-24-35)37(29-11-21-32(22-12-29)38-6-3)31-15-25-36(26-16-31)40-34-19-9-28(5-2)10-20-34/h4-26H,1-3H2. The molecule has 5 aromatic carbocycles. The van der Waals surface area contributed by atoms with Gasteiger partial charge in [0.25, 0.3) is 0 Å². The molecule has 0 spiro atoms. The van der Waals surface area contributed by atoms with Crippen LogP contribution in [0, 0.1) is 0 Å². The van der Waals surface area contributed by atoms with E-state index in [0.29, 0.717) is 0 Å². The molecule has 0 aliphatic rings. The summed E-state index contributed by atoms with van der Waals surface area (Å²) in [5, 5.41) is 0. The Bertz CT molecular complexity index is 1470. The van der Waals surface area contributed by atoms with E-state index in [9.17, 15) is 0 Å². The van der Waals surface area contributed by atoms with Gasteiger partial charge >= 0.3 is 0 Å². The summed E-state index contributed by atoms with van der Waals surface area (Å²) in [5.41, 5.74) is 5.01. The molecular weight excluding hydrogens is 494 g/mol. The minimum atomic E-state index is 0.719. The van der Waals surface area contributed by atoms with E-state index in [1.54, 1.807) is 0 Å². The Balaban J connectivity index is 1.41. The molecule has 0 heterocycles. The summed E-state index contributed by atoms with van der Waals surface area (Å²) in [6.07, 6.45) is 5.03. The fourth-order valence-electron chi connectivity index (χ4n) is 4.16. The second kappa shape index (κ2) is 12.4. The van der Waals surface area contributed by atoms with Gasteiger partial charge in [-0.2, -0.15) is 0 Å². The largest absolute Gasteiger partial charge is 0.466 e. The molecule has 0 aliphatic heterocycles. The molecule has 0 unspecified atom stereocenters. The topological polar surface area (TPSA) is 30.9 Å². The predicted molar refractivity (Wildman–Crippen MR) is 165 cm³/mol. The van der Waals surface area contributed by atoms with Gasteiger partial charge in [-0.15, -0.1) is 0 Å². The predicted octanol–water partition coefficient (Wildman–Crippen LogP) is 10.5. The summed E-state index contributed by atoms with van der Waals surface area (Å²) < 4.78 is 17.5. The van der Waals surface area contributed by atoms with Crippen molar-refractivity contribution in [2.24, 2.45) is 0 Å². The highest BCUT2D eigenvalue weighted by Gasteiger charge is 2.14. The molecule has 0 atom stereocenters. The summed E-state index contributed by atoms with van der Waals surface area (Å²) in [4.78, 5) is 2.16. The van der Waals surface area contributed by atoms with Gasteiger partial charge in [-0.05, 0) is 108 Å². The van der Waals surface area contributed by atoms with Crippen LogP contribution in [0.1, 0.15) is 11.1 Å². The lowest BCUT2D eigenvalue weighted by Crippen LogP contribution is -2.09. The molecule has 0 fully saturated rings. The van der Waals surface area contributed by atoms with E-state index in [1.807, 2.05) is 133 Å². The molecule has 0 aromatic heterocycles. The molecular formula is C36H29NO3. The van der Waals surface area contributed by atoms with Crippen molar-refractivity contribution in [3.63, 3.8) is 0 Å². The second-order valence-corrected chi connectivity index (χ2v) is 8.85. The quantitative estimate of drug-likeness (QED) is 0.161. The third kappa shape index (κ3) is 6.32. The molecule has 4 nitrogen and oxygen atoms in total. The van der Waals surface area contributed by atoms with E-state index < -0.39 is 0 Å². The van der Waals surface area contributed by atoms with Crippen LogP contribution in [0.2, 0.25) is 0 Å². The van der Waals surface area contributed by atoms with E-state index in [-0.39, 0.29) is 0 Å². The summed E-state index contributed by atoms with van der Waals surface area (Å²) in [7, 11) is 0. The van der Waals surface area contributed by atoms with Crippen molar-refractivity contribution in [1.82, 2.24) is 0 Å². The highest BCUT2D eigenvalue weighted by atomic mass is 16.5. The van der Waals surface area contributed by atoms with E-state index in [4.69, 9.17) is 14.2 Å². The molecule has 0 bridgehead atoms. The normalized spacial score (nSPS) is 10.3. The van der Waals surface area contributed by atoms with Crippen LogP contribution in [0.15, 0.2) is 147 Å². The monoisotopic (exact) mass is 523 g/mol. The van der Waals surface area contributed by atoms with Crippen molar-refractivity contribution in [3.05, 3.63) is 158 Å². The van der Waals surface area contributed by atoms with Crippen LogP contribution in [-0.2, 0) is 0 Å². The van der Waals surface area contributed by atoms with Crippen molar-refractivity contribution in [2.75, 3.05) is 4.90 Å². The van der Waals surface area contributed by atoms with Crippen LogP contribution in [-0.4, -0.2) is 0 Å². The van der Waals surface area contributed by atoms with Crippen molar-refractivity contribution < 1.29 is 14.2 Å². The summed E-state index contributed by atoms with van der Waals surface area (Å²) in [6, 6.07) is 39.5. The number of anilines is 3. The van der Waals surface area contributed by atoms with Crippen LogP contribution in [0.3, 0.4) is 0 Å². The summed E-state index contributed by atoms with van der Waals surface area (Å²) in [6.45, 7) is 11.2. The maximum absolute atomic E-state index is 6.05. The fraction of sp³-hybridized carbons (Fsp3) is 0. The molecule has 0 amide bonds. The summed E-state index contributed by atoms with van der Waals surface area (Å²) >= 11 is 0. The first-order valence-corrected chi connectivity index (χ1v) is 12.8. The van der Waals surface area contributed by atoms with Crippen LogP contribution < -0.4 is 19.1 Å². The Labute approximate surface area is 235 Å². The van der Waals surface area contributed by atoms with Crippen molar-refractivity contribution in [2.45, 2.75) is 0 Å².